The van der Waals surface area contributed by atoms with E-state index in [2.05, 4.69) is 21.4 Å². The predicted octanol–water partition coefficient (Wildman–Crippen LogP) is 4.16. The first-order chi connectivity index (χ1) is 16.3. The van der Waals surface area contributed by atoms with E-state index in [4.69, 9.17) is 14.5 Å². The van der Waals surface area contributed by atoms with E-state index in [1.807, 2.05) is 52.1 Å². The Labute approximate surface area is 199 Å². The van der Waals surface area contributed by atoms with E-state index < -0.39 is 5.60 Å². The van der Waals surface area contributed by atoms with Gasteiger partial charge in [-0.2, -0.15) is 10.4 Å². The van der Waals surface area contributed by atoms with Crippen LogP contribution in [0, 0.1) is 11.3 Å². The van der Waals surface area contributed by atoms with Crippen LogP contribution in [-0.2, 0) is 4.74 Å². The van der Waals surface area contributed by atoms with Gasteiger partial charge in [0.15, 0.2) is 0 Å². The molecule has 1 saturated heterocycles. The zero-order valence-corrected chi connectivity index (χ0v) is 20.0. The highest BCUT2D eigenvalue weighted by molar-refractivity contribution is 5.85. The average Bonchev–Trinajstić information content (AvgIpc) is 3.21. The lowest BCUT2D eigenvalue weighted by atomic mass is 10.0. The van der Waals surface area contributed by atoms with Crippen molar-refractivity contribution in [3.8, 4) is 22.9 Å². The second kappa shape index (κ2) is 9.59. The van der Waals surface area contributed by atoms with Crippen molar-refractivity contribution in [2.24, 2.45) is 0 Å². The number of nitriles is 1. The summed E-state index contributed by atoms with van der Waals surface area (Å²) in [6, 6.07) is 8.22. The van der Waals surface area contributed by atoms with Crippen molar-refractivity contribution in [2.75, 3.05) is 24.6 Å². The number of alkyl carbamates (subject to hydrolysis) is 1. The van der Waals surface area contributed by atoms with Crippen LogP contribution in [0.5, 0.6) is 5.75 Å². The number of nitrogens with one attached hydrogen (secondary N) is 1. The fourth-order valence-electron chi connectivity index (χ4n) is 4.10. The van der Waals surface area contributed by atoms with Gasteiger partial charge in [-0.15, -0.1) is 0 Å². The summed E-state index contributed by atoms with van der Waals surface area (Å²) >= 11 is 0. The maximum absolute atomic E-state index is 12.0. The molecule has 1 fully saturated rings. The van der Waals surface area contributed by atoms with Crippen LogP contribution in [0.4, 0.5) is 10.6 Å². The summed E-state index contributed by atoms with van der Waals surface area (Å²) in [5, 5.41) is 16.8. The third-order valence-corrected chi connectivity index (χ3v) is 5.62. The van der Waals surface area contributed by atoms with Gasteiger partial charge in [-0.1, -0.05) is 0 Å². The molecule has 1 N–H and O–H groups in total. The van der Waals surface area contributed by atoms with Gasteiger partial charge in [0, 0.05) is 36.5 Å². The molecular weight excluding hydrogens is 432 g/mol. The summed E-state index contributed by atoms with van der Waals surface area (Å²) in [6.45, 7) is 9.61. The van der Waals surface area contributed by atoms with Crippen LogP contribution in [0.15, 0.2) is 36.8 Å². The number of piperidine rings is 1. The fraction of sp³-hybridized carbons (Fsp3) is 0.440. The largest absolute Gasteiger partial charge is 0.492 e. The van der Waals surface area contributed by atoms with Crippen molar-refractivity contribution in [1.82, 2.24) is 19.9 Å². The Kier molecular flexibility index (Phi) is 6.59. The highest BCUT2D eigenvalue weighted by Gasteiger charge is 2.24. The summed E-state index contributed by atoms with van der Waals surface area (Å²) in [6.07, 6.45) is 6.43. The minimum Gasteiger partial charge on any atom is -0.492 e. The number of pyridine rings is 2. The molecule has 4 heterocycles. The number of carbonyl (C=O) groups is 1. The number of fused-ring (bicyclic) bond motifs is 1. The normalized spacial score (nSPS) is 14.6. The number of rotatable bonds is 5. The Morgan fingerprint density at radius 3 is 2.65 bits per heavy atom. The first-order valence-corrected chi connectivity index (χ1v) is 11.5. The van der Waals surface area contributed by atoms with Gasteiger partial charge >= 0.3 is 6.09 Å². The third-order valence-electron chi connectivity index (χ3n) is 5.62. The molecule has 1 amide bonds. The maximum atomic E-state index is 12.0. The summed E-state index contributed by atoms with van der Waals surface area (Å²) in [4.78, 5) is 18.9. The average molecular weight is 463 g/mol. The molecule has 0 aromatic carbocycles. The van der Waals surface area contributed by atoms with Gasteiger partial charge in [0.05, 0.1) is 30.1 Å². The molecule has 0 atom stereocenters. The molecule has 178 valence electrons. The van der Waals surface area contributed by atoms with Gasteiger partial charge in [-0.05, 0) is 58.7 Å². The molecule has 0 radical (unpaired) electrons. The van der Waals surface area contributed by atoms with Gasteiger partial charge in [0.25, 0.3) is 0 Å². The molecule has 9 nitrogen and oxygen atoms in total. The number of ether oxygens (including phenoxy) is 2. The zero-order chi connectivity index (χ0) is 24.3. The van der Waals surface area contributed by atoms with Crippen LogP contribution in [0.25, 0.3) is 16.6 Å². The fourth-order valence-corrected chi connectivity index (χ4v) is 4.10. The van der Waals surface area contributed by atoms with Crippen molar-refractivity contribution >= 4 is 17.4 Å². The maximum Gasteiger partial charge on any atom is 0.407 e. The molecule has 0 spiro atoms. The van der Waals surface area contributed by atoms with Crippen molar-refractivity contribution in [3.05, 3.63) is 42.4 Å². The molecule has 3 aromatic heterocycles. The minimum atomic E-state index is -0.505. The number of carbonyl (C=O) groups excluding carboxylic acids is 1. The standard InChI is InChI=1S/C25H30N6O3/c1-5-33-20-12-21(23-18(13-26)15-28-31(23)16-20)17-6-7-22(27-14-17)30-10-8-19(9-11-30)29-24(32)34-25(2,3)4/h6-7,12,14-16,19H,5,8-11H2,1-4H3,(H,29,32). The van der Waals surface area contributed by atoms with Crippen LogP contribution in [0.2, 0.25) is 0 Å². The van der Waals surface area contributed by atoms with Gasteiger partial charge < -0.3 is 19.7 Å². The van der Waals surface area contributed by atoms with E-state index >= 15 is 0 Å². The number of amides is 1. The molecule has 1 aliphatic rings. The summed E-state index contributed by atoms with van der Waals surface area (Å²) in [5.41, 5.74) is 2.46. The summed E-state index contributed by atoms with van der Waals surface area (Å²) in [7, 11) is 0. The molecule has 4 rings (SSSR count). The molecule has 0 unspecified atom stereocenters. The lowest BCUT2D eigenvalue weighted by Gasteiger charge is -2.33. The first kappa shape index (κ1) is 23.4. The topological polar surface area (TPSA) is 105 Å². The molecule has 0 bridgehead atoms. The van der Waals surface area contributed by atoms with Crippen LogP contribution in [-0.4, -0.2) is 52.0 Å². The molecule has 1 aliphatic heterocycles. The molecule has 0 aliphatic carbocycles. The van der Waals surface area contributed by atoms with E-state index in [1.54, 1.807) is 16.9 Å². The predicted molar refractivity (Wildman–Crippen MR) is 129 cm³/mol. The molecule has 9 heteroatoms. The Hall–Kier alpha value is -3.80. The zero-order valence-electron chi connectivity index (χ0n) is 20.0. The number of hydrogen-bond donors (Lipinski definition) is 1. The number of anilines is 1. The van der Waals surface area contributed by atoms with Crippen LogP contribution in [0.1, 0.15) is 46.1 Å². The monoisotopic (exact) mass is 462 g/mol. The second-order valence-corrected chi connectivity index (χ2v) is 9.30. The Bertz CT molecular complexity index is 1200. The van der Waals surface area contributed by atoms with Gasteiger partial charge in [0.2, 0.25) is 0 Å². The third kappa shape index (κ3) is 5.22. The molecule has 0 saturated carbocycles. The molecule has 3 aromatic rings. The van der Waals surface area contributed by atoms with Gasteiger partial charge in [0.1, 0.15) is 23.2 Å². The molecule has 34 heavy (non-hydrogen) atoms. The SMILES string of the molecule is CCOc1cc(-c2ccc(N3CCC(NC(=O)OC(C)(C)C)CC3)nc2)c2c(C#N)cnn2c1. The Morgan fingerprint density at radius 1 is 1.26 bits per heavy atom. The van der Waals surface area contributed by atoms with E-state index in [0.717, 1.165) is 48.4 Å². The number of hydrogen-bond acceptors (Lipinski definition) is 7. The van der Waals surface area contributed by atoms with Crippen molar-refractivity contribution in [3.63, 3.8) is 0 Å². The Balaban J connectivity index is 1.47. The van der Waals surface area contributed by atoms with Crippen molar-refractivity contribution in [2.45, 2.75) is 52.2 Å². The molecular formula is C25H30N6O3. The van der Waals surface area contributed by atoms with Crippen LogP contribution in [0.3, 0.4) is 0 Å². The Morgan fingerprint density at radius 2 is 2.03 bits per heavy atom. The van der Waals surface area contributed by atoms with Crippen molar-refractivity contribution < 1.29 is 14.3 Å². The number of nitrogens with zero attached hydrogens (tertiary/aromatic N) is 5. The van der Waals surface area contributed by atoms with E-state index in [-0.39, 0.29) is 12.1 Å². The summed E-state index contributed by atoms with van der Waals surface area (Å²) in [5.74, 6) is 1.56. The highest BCUT2D eigenvalue weighted by Crippen LogP contribution is 2.31. The van der Waals surface area contributed by atoms with Crippen LogP contribution < -0.4 is 15.0 Å². The summed E-state index contributed by atoms with van der Waals surface area (Å²) < 4.78 is 12.7. The highest BCUT2D eigenvalue weighted by atomic mass is 16.6. The van der Waals surface area contributed by atoms with Gasteiger partial charge in [-0.3, -0.25) is 0 Å². The smallest absolute Gasteiger partial charge is 0.407 e. The lowest BCUT2D eigenvalue weighted by molar-refractivity contribution is 0.0497. The van der Waals surface area contributed by atoms with Gasteiger partial charge in [-0.25, -0.2) is 14.3 Å². The first-order valence-electron chi connectivity index (χ1n) is 11.5. The minimum absolute atomic E-state index is 0.0891. The second-order valence-electron chi connectivity index (χ2n) is 9.30. The quantitative estimate of drug-likeness (QED) is 0.607. The van der Waals surface area contributed by atoms with E-state index in [0.29, 0.717) is 17.9 Å². The lowest BCUT2D eigenvalue weighted by Crippen LogP contribution is -2.46. The van der Waals surface area contributed by atoms with E-state index in [1.165, 1.54) is 0 Å². The number of aromatic nitrogens is 3. The van der Waals surface area contributed by atoms with Crippen molar-refractivity contribution in [1.29, 1.82) is 5.26 Å². The van der Waals surface area contributed by atoms with Crippen LogP contribution >= 0.6 is 0 Å². The van der Waals surface area contributed by atoms with E-state index in [9.17, 15) is 10.1 Å².